The third-order valence-electron chi connectivity index (χ3n) is 4.99. The van der Waals surface area contributed by atoms with Gasteiger partial charge in [0.05, 0.1) is 17.2 Å². The Bertz CT molecular complexity index is 1180. The molecule has 3 N–H and O–H groups in total. The minimum atomic E-state index is -0.0146. The highest BCUT2D eigenvalue weighted by atomic mass is 16.2. The van der Waals surface area contributed by atoms with Crippen LogP contribution in [0.5, 0.6) is 0 Å². The molecule has 160 valence electrons. The van der Waals surface area contributed by atoms with Gasteiger partial charge in [0.1, 0.15) is 18.2 Å². The molecule has 1 aliphatic rings. The summed E-state index contributed by atoms with van der Waals surface area (Å²) in [5.74, 6) is 1.94. The van der Waals surface area contributed by atoms with Crippen LogP contribution in [0.25, 0.3) is 22.2 Å². The van der Waals surface area contributed by atoms with Gasteiger partial charge >= 0.3 is 0 Å². The van der Waals surface area contributed by atoms with Crippen molar-refractivity contribution in [2.45, 2.75) is 20.4 Å². The number of fused-ring (bicyclic) bond motifs is 1. The first kappa shape index (κ1) is 20.4. The number of likely N-dealkylation sites (N-methyl/N-ethyl adjacent to an activating group) is 1. The molecule has 9 heteroatoms. The zero-order chi connectivity index (χ0) is 22.0. The van der Waals surface area contributed by atoms with Crippen molar-refractivity contribution in [2.75, 3.05) is 19.4 Å². The first-order chi connectivity index (χ1) is 14.9. The number of hydrazine groups is 1. The quantitative estimate of drug-likeness (QED) is 0.565. The Morgan fingerprint density at radius 2 is 2.03 bits per heavy atom. The minimum Gasteiger partial charge on any atom is -0.347 e. The van der Waals surface area contributed by atoms with Crippen LogP contribution >= 0.6 is 0 Å². The van der Waals surface area contributed by atoms with Gasteiger partial charge in [-0.25, -0.2) is 4.98 Å². The van der Waals surface area contributed by atoms with Gasteiger partial charge in [-0.05, 0) is 35.8 Å². The van der Waals surface area contributed by atoms with Crippen LogP contribution < -0.4 is 16.2 Å². The van der Waals surface area contributed by atoms with E-state index < -0.39 is 0 Å². The van der Waals surface area contributed by atoms with Crippen molar-refractivity contribution in [3.8, 4) is 11.1 Å². The van der Waals surface area contributed by atoms with Gasteiger partial charge in [-0.1, -0.05) is 13.8 Å². The second-order valence-electron chi connectivity index (χ2n) is 7.92. The minimum absolute atomic E-state index is 0.0146. The molecule has 0 atom stereocenters. The van der Waals surface area contributed by atoms with E-state index in [1.807, 2.05) is 30.6 Å². The molecule has 3 aromatic heterocycles. The molecule has 0 unspecified atom stereocenters. The number of carbonyl (C=O) groups excluding carboxylic acids is 1. The lowest BCUT2D eigenvalue weighted by Crippen LogP contribution is -2.33. The summed E-state index contributed by atoms with van der Waals surface area (Å²) < 4.78 is 1.63. The van der Waals surface area contributed by atoms with E-state index in [4.69, 9.17) is 4.98 Å². The summed E-state index contributed by atoms with van der Waals surface area (Å²) in [7, 11) is 3.46. The highest BCUT2D eigenvalue weighted by molar-refractivity contribution is 5.81. The van der Waals surface area contributed by atoms with Crippen molar-refractivity contribution >= 4 is 22.8 Å². The fourth-order valence-corrected chi connectivity index (χ4v) is 3.09. The molecule has 31 heavy (non-hydrogen) atoms. The van der Waals surface area contributed by atoms with Crippen molar-refractivity contribution in [1.82, 2.24) is 35.5 Å². The second-order valence-corrected chi connectivity index (χ2v) is 7.92. The van der Waals surface area contributed by atoms with E-state index in [2.05, 4.69) is 46.2 Å². The summed E-state index contributed by atoms with van der Waals surface area (Å²) in [6, 6.07) is 5.81. The highest BCUT2D eigenvalue weighted by Crippen LogP contribution is 2.23. The van der Waals surface area contributed by atoms with Crippen LogP contribution in [0.2, 0.25) is 0 Å². The van der Waals surface area contributed by atoms with Crippen LogP contribution in [0, 0.1) is 5.92 Å². The Kier molecular flexibility index (Phi) is 5.57. The predicted octanol–water partition coefficient (Wildman–Crippen LogP) is 2.48. The number of amides is 1. The number of rotatable bonds is 6. The summed E-state index contributed by atoms with van der Waals surface area (Å²) in [5.41, 5.74) is 10.7. The molecule has 0 aromatic carbocycles. The summed E-state index contributed by atoms with van der Waals surface area (Å²) in [6.45, 7) is 4.49. The maximum absolute atomic E-state index is 11.9. The normalized spacial score (nSPS) is 13.3. The number of aromatic nitrogens is 4. The van der Waals surface area contributed by atoms with Crippen molar-refractivity contribution in [3.05, 3.63) is 60.5 Å². The molecule has 0 saturated heterocycles. The lowest BCUT2D eigenvalue weighted by atomic mass is 10.0. The standard InChI is InChI=1S/C22H26N8O/c1-14(2)15-8-21(28-24-10-15)27-20-6-5-18-19(26-20)7-16(9-23-18)17-11-25-30(12-17)13-22(31)29(3)4/h5-12,14,24,28H,13H2,1-4H3,(H,26,27). The summed E-state index contributed by atoms with van der Waals surface area (Å²) in [4.78, 5) is 22.7. The SMILES string of the molecule is CC(C)C1=CNNC(Nc2ccc3ncc(-c4cnn(CC(=O)N(C)C)c4)cc3n2)=C1. The summed E-state index contributed by atoms with van der Waals surface area (Å²) >= 11 is 0. The van der Waals surface area contributed by atoms with E-state index in [-0.39, 0.29) is 12.5 Å². The largest absolute Gasteiger partial charge is 0.347 e. The highest BCUT2D eigenvalue weighted by Gasteiger charge is 2.11. The number of hydrogen-bond acceptors (Lipinski definition) is 7. The topological polar surface area (TPSA) is 100 Å². The Hall–Kier alpha value is -3.88. The predicted molar refractivity (Wildman–Crippen MR) is 120 cm³/mol. The second kappa shape index (κ2) is 8.47. The van der Waals surface area contributed by atoms with Crippen LogP contribution in [-0.2, 0) is 11.3 Å². The Balaban J connectivity index is 1.56. The molecule has 4 heterocycles. The van der Waals surface area contributed by atoms with Crippen LogP contribution in [0.15, 0.2) is 60.5 Å². The zero-order valence-electron chi connectivity index (χ0n) is 18.0. The average molecular weight is 419 g/mol. The van der Waals surface area contributed by atoms with E-state index in [9.17, 15) is 4.79 Å². The average Bonchev–Trinajstić information content (AvgIpc) is 3.22. The van der Waals surface area contributed by atoms with Crippen LogP contribution in [0.4, 0.5) is 5.82 Å². The first-order valence-corrected chi connectivity index (χ1v) is 10.1. The maximum atomic E-state index is 11.9. The third kappa shape index (κ3) is 4.66. The zero-order valence-corrected chi connectivity index (χ0v) is 18.0. The Morgan fingerprint density at radius 3 is 2.81 bits per heavy atom. The van der Waals surface area contributed by atoms with Crippen molar-refractivity contribution in [2.24, 2.45) is 5.92 Å². The molecule has 0 fully saturated rings. The molecule has 0 radical (unpaired) electrons. The van der Waals surface area contributed by atoms with E-state index in [0.29, 0.717) is 11.7 Å². The van der Waals surface area contributed by atoms with E-state index in [1.165, 1.54) is 5.57 Å². The summed E-state index contributed by atoms with van der Waals surface area (Å²) in [6.07, 6.45) is 9.38. The van der Waals surface area contributed by atoms with Gasteiger partial charge in [-0.3, -0.25) is 19.9 Å². The lowest BCUT2D eigenvalue weighted by molar-refractivity contribution is -0.129. The number of hydrogen-bond donors (Lipinski definition) is 3. The van der Waals surface area contributed by atoms with E-state index in [0.717, 1.165) is 28.0 Å². The lowest BCUT2D eigenvalue weighted by Gasteiger charge is -2.20. The van der Waals surface area contributed by atoms with Crippen LogP contribution in [0.3, 0.4) is 0 Å². The van der Waals surface area contributed by atoms with Gasteiger partial charge in [-0.2, -0.15) is 5.10 Å². The molecular formula is C22H26N8O. The van der Waals surface area contributed by atoms with Crippen LogP contribution in [-0.4, -0.2) is 44.7 Å². The number of pyridine rings is 2. The number of allylic oxidation sites excluding steroid dienone is 2. The molecule has 1 amide bonds. The molecule has 1 aliphatic heterocycles. The Morgan fingerprint density at radius 1 is 1.19 bits per heavy atom. The van der Waals surface area contributed by atoms with Crippen molar-refractivity contribution in [3.63, 3.8) is 0 Å². The van der Waals surface area contributed by atoms with Crippen molar-refractivity contribution in [1.29, 1.82) is 0 Å². The monoisotopic (exact) mass is 418 g/mol. The maximum Gasteiger partial charge on any atom is 0.243 e. The molecule has 0 saturated carbocycles. The fraction of sp³-hybridized carbons (Fsp3) is 0.273. The van der Waals surface area contributed by atoms with Gasteiger partial charge < -0.3 is 15.6 Å². The Labute approximate surface area is 180 Å². The number of anilines is 1. The molecule has 3 aromatic rings. The van der Waals surface area contributed by atoms with Crippen molar-refractivity contribution < 1.29 is 4.79 Å². The summed E-state index contributed by atoms with van der Waals surface area (Å²) in [5, 5.41) is 7.59. The number of nitrogens with one attached hydrogen (secondary N) is 3. The molecule has 0 aliphatic carbocycles. The van der Waals surface area contributed by atoms with Gasteiger partial charge in [0.2, 0.25) is 5.91 Å². The van der Waals surface area contributed by atoms with Gasteiger partial charge in [0, 0.05) is 43.8 Å². The molecule has 4 rings (SSSR count). The van der Waals surface area contributed by atoms with Gasteiger partial charge in [-0.15, -0.1) is 0 Å². The smallest absolute Gasteiger partial charge is 0.243 e. The molecule has 0 bridgehead atoms. The third-order valence-corrected chi connectivity index (χ3v) is 4.99. The first-order valence-electron chi connectivity index (χ1n) is 10.1. The molecule has 0 spiro atoms. The van der Waals surface area contributed by atoms with Gasteiger partial charge in [0.15, 0.2) is 0 Å². The molecule has 9 nitrogen and oxygen atoms in total. The number of nitrogens with zero attached hydrogens (tertiary/aromatic N) is 5. The van der Waals surface area contributed by atoms with E-state index in [1.54, 1.807) is 36.1 Å². The van der Waals surface area contributed by atoms with Gasteiger partial charge in [0.25, 0.3) is 0 Å². The molecular weight excluding hydrogens is 392 g/mol. The number of carbonyl (C=O) groups is 1. The van der Waals surface area contributed by atoms with Crippen LogP contribution in [0.1, 0.15) is 13.8 Å². The fourth-order valence-electron chi connectivity index (χ4n) is 3.09. The van der Waals surface area contributed by atoms with E-state index >= 15 is 0 Å².